The minimum Gasteiger partial charge on any atom is -0.353 e. The van der Waals surface area contributed by atoms with Crippen molar-refractivity contribution in [1.82, 2.24) is 14.9 Å². The second-order valence-corrected chi connectivity index (χ2v) is 5.64. The standard InChI is InChI=1S/C16H20ClN3O/c1-13(11-14-4-6-15(17)7-5-14)19-16(21)3-2-9-20-10-8-18-12-20/h4-8,10,12-13H,2-3,9,11H2,1H3,(H,19,21). The SMILES string of the molecule is CC(Cc1ccc(Cl)cc1)NC(=O)CCCn1ccnc1. The molecule has 0 aliphatic heterocycles. The molecular formula is C16H20ClN3O. The lowest BCUT2D eigenvalue weighted by Crippen LogP contribution is -2.34. The number of benzene rings is 1. The van der Waals surface area contributed by atoms with Crippen molar-refractivity contribution in [3.63, 3.8) is 0 Å². The van der Waals surface area contributed by atoms with Crippen LogP contribution in [-0.4, -0.2) is 21.5 Å². The van der Waals surface area contributed by atoms with Gasteiger partial charge in [0.1, 0.15) is 0 Å². The van der Waals surface area contributed by atoms with Crippen molar-refractivity contribution >= 4 is 17.5 Å². The fraction of sp³-hybridized carbons (Fsp3) is 0.375. The van der Waals surface area contributed by atoms with Gasteiger partial charge in [0.25, 0.3) is 0 Å². The molecule has 1 amide bonds. The monoisotopic (exact) mass is 305 g/mol. The van der Waals surface area contributed by atoms with Crippen LogP contribution in [0.4, 0.5) is 0 Å². The number of nitrogens with zero attached hydrogens (tertiary/aromatic N) is 2. The van der Waals surface area contributed by atoms with Crippen LogP contribution >= 0.6 is 11.6 Å². The van der Waals surface area contributed by atoms with E-state index in [0.717, 1.165) is 24.4 Å². The van der Waals surface area contributed by atoms with Gasteiger partial charge in [-0.15, -0.1) is 0 Å². The van der Waals surface area contributed by atoms with E-state index in [0.29, 0.717) is 6.42 Å². The Balaban J connectivity index is 1.68. The third kappa shape index (κ3) is 5.60. The van der Waals surface area contributed by atoms with Gasteiger partial charge in [0.2, 0.25) is 5.91 Å². The van der Waals surface area contributed by atoms with E-state index < -0.39 is 0 Å². The van der Waals surface area contributed by atoms with Crippen LogP contribution in [0, 0.1) is 0 Å². The van der Waals surface area contributed by atoms with Crippen molar-refractivity contribution in [2.45, 2.75) is 38.8 Å². The van der Waals surface area contributed by atoms with Crippen molar-refractivity contribution in [2.24, 2.45) is 0 Å². The summed E-state index contributed by atoms with van der Waals surface area (Å²) in [6.07, 6.45) is 7.57. The predicted octanol–water partition coefficient (Wildman–Crippen LogP) is 3.06. The quantitative estimate of drug-likeness (QED) is 0.854. The molecule has 0 fully saturated rings. The first-order chi connectivity index (χ1) is 10.1. The van der Waals surface area contributed by atoms with E-state index in [9.17, 15) is 4.79 Å². The lowest BCUT2D eigenvalue weighted by Gasteiger charge is -2.14. The van der Waals surface area contributed by atoms with Crippen LogP contribution in [-0.2, 0) is 17.8 Å². The predicted molar refractivity (Wildman–Crippen MR) is 84.2 cm³/mol. The summed E-state index contributed by atoms with van der Waals surface area (Å²) in [4.78, 5) is 15.8. The molecule has 1 unspecified atom stereocenters. The van der Waals surface area contributed by atoms with E-state index in [1.807, 2.05) is 42.0 Å². The van der Waals surface area contributed by atoms with Gasteiger partial charge < -0.3 is 9.88 Å². The lowest BCUT2D eigenvalue weighted by molar-refractivity contribution is -0.121. The Bertz CT molecular complexity index is 551. The molecule has 0 saturated heterocycles. The van der Waals surface area contributed by atoms with Crippen LogP contribution < -0.4 is 5.32 Å². The number of hydrogen-bond acceptors (Lipinski definition) is 2. The van der Waals surface area contributed by atoms with Crippen LogP contribution in [0.3, 0.4) is 0 Å². The molecule has 0 saturated carbocycles. The number of rotatable bonds is 7. The van der Waals surface area contributed by atoms with E-state index in [1.165, 1.54) is 5.56 Å². The summed E-state index contributed by atoms with van der Waals surface area (Å²) in [5.74, 6) is 0.0941. The third-order valence-corrected chi connectivity index (χ3v) is 3.49. The zero-order valence-corrected chi connectivity index (χ0v) is 12.9. The number of aromatic nitrogens is 2. The van der Waals surface area contributed by atoms with E-state index >= 15 is 0 Å². The van der Waals surface area contributed by atoms with Gasteiger partial charge in [0.15, 0.2) is 0 Å². The minimum atomic E-state index is 0.0941. The van der Waals surface area contributed by atoms with Gasteiger partial charge in [-0.25, -0.2) is 4.98 Å². The molecule has 0 spiro atoms. The van der Waals surface area contributed by atoms with Gasteiger partial charge in [-0.2, -0.15) is 0 Å². The van der Waals surface area contributed by atoms with Crippen LogP contribution in [0.15, 0.2) is 43.0 Å². The van der Waals surface area contributed by atoms with Crippen LogP contribution in [0.25, 0.3) is 0 Å². The first-order valence-corrected chi connectivity index (χ1v) is 7.51. The average molecular weight is 306 g/mol. The Labute approximate surface area is 130 Å². The topological polar surface area (TPSA) is 46.9 Å². The number of carbonyl (C=O) groups excluding carboxylic acids is 1. The Morgan fingerprint density at radius 1 is 1.38 bits per heavy atom. The molecule has 1 aromatic carbocycles. The molecule has 0 bridgehead atoms. The molecule has 4 nitrogen and oxygen atoms in total. The molecule has 2 rings (SSSR count). The zero-order chi connectivity index (χ0) is 15.1. The summed E-state index contributed by atoms with van der Waals surface area (Å²) in [7, 11) is 0. The first-order valence-electron chi connectivity index (χ1n) is 7.13. The van der Waals surface area contributed by atoms with Crippen molar-refractivity contribution in [1.29, 1.82) is 0 Å². The zero-order valence-electron chi connectivity index (χ0n) is 12.1. The van der Waals surface area contributed by atoms with E-state index in [-0.39, 0.29) is 11.9 Å². The Hall–Kier alpha value is -1.81. The summed E-state index contributed by atoms with van der Waals surface area (Å²) in [6, 6.07) is 7.84. The molecule has 0 radical (unpaired) electrons. The average Bonchev–Trinajstić information content (AvgIpc) is 2.94. The second kappa shape index (κ2) is 7.84. The molecule has 21 heavy (non-hydrogen) atoms. The summed E-state index contributed by atoms with van der Waals surface area (Å²) in [5, 5.41) is 3.76. The fourth-order valence-electron chi connectivity index (χ4n) is 2.21. The van der Waals surface area contributed by atoms with Crippen LogP contribution in [0.5, 0.6) is 0 Å². The molecule has 1 N–H and O–H groups in total. The molecular weight excluding hydrogens is 286 g/mol. The maximum atomic E-state index is 11.9. The van der Waals surface area contributed by atoms with E-state index in [4.69, 9.17) is 11.6 Å². The highest BCUT2D eigenvalue weighted by Crippen LogP contribution is 2.11. The Morgan fingerprint density at radius 2 is 2.14 bits per heavy atom. The third-order valence-electron chi connectivity index (χ3n) is 3.24. The minimum absolute atomic E-state index is 0.0941. The maximum Gasteiger partial charge on any atom is 0.220 e. The van der Waals surface area contributed by atoms with Crippen LogP contribution in [0.2, 0.25) is 5.02 Å². The van der Waals surface area contributed by atoms with Crippen molar-refractivity contribution in [3.8, 4) is 0 Å². The molecule has 1 heterocycles. The van der Waals surface area contributed by atoms with Gasteiger partial charge in [0.05, 0.1) is 6.33 Å². The number of imidazole rings is 1. The molecule has 0 aliphatic rings. The van der Waals surface area contributed by atoms with Gasteiger partial charge in [-0.1, -0.05) is 23.7 Å². The number of hydrogen-bond donors (Lipinski definition) is 1. The summed E-state index contributed by atoms with van der Waals surface area (Å²) < 4.78 is 1.98. The second-order valence-electron chi connectivity index (χ2n) is 5.20. The molecule has 0 aliphatic carbocycles. The molecule has 112 valence electrons. The fourth-order valence-corrected chi connectivity index (χ4v) is 2.34. The Kier molecular flexibility index (Phi) is 5.81. The number of carbonyl (C=O) groups is 1. The van der Waals surface area contributed by atoms with Gasteiger partial charge >= 0.3 is 0 Å². The van der Waals surface area contributed by atoms with E-state index in [1.54, 1.807) is 12.5 Å². The van der Waals surface area contributed by atoms with Crippen molar-refractivity contribution < 1.29 is 4.79 Å². The normalized spacial score (nSPS) is 12.1. The Morgan fingerprint density at radius 3 is 2.81 bits per heavy atom. The summed E-state index contributed by atoms with van der Waals surface area (Å²) in [6.45, 7) is 2.83. The smallest absolute Gasteiger partial charge is 0.220 e. The largest absolute Gasteiger partial charge is 0.353 e. The highest BCUT2D eigenvalue weighted by molar-refractivity contribution is 6.30. The van der Waals surface area contributed by atoms with Gasteiger partial charge in [-0.3, -0.25) is 4.79 Å². The molecule has 1 atom stereocenters. The van der Waals surface area contributed by atoms with Crippen molar-refractivity contribution in [2.75, 3.05) is 0 Å². The van der Waals surface area contributed by atoms with Crippen molar-refractivity contribution in [3.05, 3.63) is 53.6 Å². The van der Waals surface area contributed by atoms with E-state index in [2.05, 4.69) is 10.3 Å². The molecule has 1 aromatic heterocycles. The number of aryl methyl sites for hydroxylation is 1. The molecule has 5 heteroatoms. The van der Waals surface area contributed by atoms with Gasteiger partial charge in [-0.05, 0) is 37.5 Å². The lowest BCUT2D eigenvalue weighted by atomic mass is 10.1. The summed E-state index contributed by atoms with van der Waals surface area (Å²) >= 11 is 5.86. The molecule has 2 aromatic rings. The number of amides is 1. The van der Waals surface area contributed by atoms with Crippen LogP contribution in [0.1, 0.15) is 25.3 Å². The first kappa shape index (κ1) is 15.6. The highest BCUT2D eigenvalue weighted by Gasteiger charge is 2.08. The number of halogens is 1. The summed E-state index contributed by atoms with van der Waals surface area (Å²) in [5.41, 5.74) is 1.17. The number of nitrogens with one attached hydrogen (secondary N) is 1. The maximum absolute atomic E-state index is 11.9. The van der Waals surface area contributed by atoms with Gasteiger partial charge in [0, 0.05) is 36.4 Å². The highest BCUT2D eigenvalue weighted by atomic mass is 35.5.